The Morgan fingerprint density at radius 3 is 2.40 bits per heavy atom. The van der Waals surface area contributed by atoms with Gasteiger partial charge in [-0.15, -0.1) is 0 Å². The molecule has 0 atom stereocenters. The molecule has 0 aliphatic rings. The standard InChI is InChI=1S/C14H18S/c1-12(2)5-6-14-9-7-13(8-10-14)4-3-11-15/h3-4,7-12H,5-6H2,1-2H3/b4-3+. The summed E-state index contributed by atoms with van der Waals surface area (Å²) in [6.07, 6.45) is 6.35. The number of hydrogen-bond acceptors (Lipinski definition) is 1. The molecule has 0 saturated heterocycles. The molecule has 0 heterocycles. The van der Waals surface area contributed by atoms with Crippen molar-refractivity contribution in [1.82, 2.24) is 0 Å². The van der Waals surface area contributed by atoms with Gasteiger partial charge in [0.15, 0.2) is 0 Å². The molecule has 1 rings (SSSR count). The van der Waals surface area contributed by atoms with Gasteiger partial charge in [-0.2, -0.15) is 0 Å². The van der Waals surface area contributed by atoms with E-state index in [1.54, 1.807) is 5.37 Å². The number of hydrogen-bond donors (Lipinski definition) is 0. The van der Waals surface area contributed by atoms with Gasteiger partial charge in [-0.25, -0.2) is 0 Å². The Hall–Kier alpha value is -0.950. The molecule has 0 spiro atoms. The van der Waals surface area contributed by atoms with E-state index in [1.165, 1.54) is 24.0 Å². The largest absolute Gasteiger partial charge is 0.0887 e. The van der Waals surface area contributed by atoms with Gasteiger partial charge in [0.05, 0.1) is 0 Å². The van der Waals surface area contributed by atoms with Crippen LogP contribution in [-0.4, -0.2) is 5.37 Å². The van der Waals surface area contributed by atoms with Gasteiger partial charge < -0.3 is 0 Å². The monoisotopic (exact) mass is 218 g/mol. The van der Waals surface area contributed by atoms with Crippen molar-refractivity contribution in [3.8, 4) is 0 Å². The highest BCUT2D eigenvalue weighted by atomic mass is 32.1. The third-order valence-electron chi connectivity index (χ3n) is 2.36. The van der Waals surface area contributed by atoms with E-state index in [0.717, 1.165) is 5.92 Å². The van der Waals surface area contributed by atoms with Crippen LogP contribution in [0.1, 0.15) is 31.4 Å². The van der Waals surface area contributed by atoms with E-state index in [0.29, 0.717) is 0 Å². The van der Waals surface area contributed by atoms with Crippen molar-refractivity contribution >= 4 is 23.7 Å². The molecule has 0 unspecified atom stereocenters. The topological polar surface area (TPSA) is 0 Å². The Bertz CT molecular complexity index is 320. The number of thiocarbonyl (C=S) groups is 1. The first-order chi connectivity index (χ1) is 7.22. The van der Waals surface area contributed by atoms with Crippen molar-refractivity contribution < 1.29 is 0 Å². The minimum Gasteiger partial charge on any atom is -0.0887 e. The third-order valence-corrected chi connectivity index (χ3v) is 2.51. The summed E-state index contributed by atoms with van der Waals surface area (Å²) in [6.45, 7) is 4.52. The maximum Gasteiger partial charge on any atom is 0.00137 e. The van der Waals surface area contributed by atoms with Crippen LogP contribution in [0.5, 0.6) is 0 Å². The van der Waals surface area contributed by atoms with Crippen LogP contribution < -0.4 is 0 Å². The fourth-order valence-corrected chi connectivity index (χ4v) is 1.48. The van der Waals surface area contributed by atoms with Gasteiger partial charge >= 0.3 is 0 Å². The molecular weight excluding hydrogens is 200 g/mol. The van der Waals surface area contributed by atoms with E-state index < -0.39 is 0 Å². The maximum atomic E-state index is 4.74. The van der Waals surface area contributed by atoms with Crippen LogP contribution >= 0.6 is 12.2 Å². The smallest absolute Gasteiger partial charge is 0.00137 e. The zero-order chi connectivity index (χ0) is 11.1. The molecule has 0 fully saturated rings. The number of aryl methyl sites for hydroxylation is 1. The lowest BCUT2D eigenvalue weighted by Gasteiger charge is -2.04. The second-order valence-corrected chi connectivity index (χ2v) is 4.44. The van der Waals surface area contributed by atoms with E-state index in [-0.39, 0.29) is 0 Å². The van der Waals surface area contributed by atoms with Crippen molar-refractivity contribution in [3.63, 3.8) is 0 Å². The molecule has 0 bridgehead atoms. The van der Waals surface area contributed by atoms with Gasteiger partial charge in [-0.1, -0.05) is 62.5 Å². The summed E-state index contributed by atoms with van der Waals surface area (Å²) in [7, 11) is 0. The molecule has 0 aliphatic heterocycles. The van der Waals surface area contributed by atoms with Gasteiger partial charge in [0, 0.05) is 5.37 Å². The lowest BCUT2D eigenvalue weighted by molar-refractivity contribution is 0.587. The number of rotatable bonds is 5. The van der Waals surface area contributed by atoms with E-state index in [4.69, 9.17) is 12.2 Å². The Balaban J connectivity index is 2.56. The predicted octanol–water partition coefficient (Wildman–Crippen LogP) is 4.29. The van der Waals surface area contributed by atoms with Crippen molar-refractivity contribution in [2.45, 2.75) is 26.7 Å². The molecule has 0 radical (unpaired) electrons. The van der Waals surface area contributed by atoms with Crippen LogP contribution in [0.25, 0.3) is 6.08 Å². The predicted molar refractivity (Wildman–Crippen MR) is 72.3 cm³/mol. The molecule has 0 aliphatic carbocycles. The van der Waals surface area contributed by atoms with E-state index in [1.807, 2.05) is 12.2 Å². The first-order valence-electron chi connectivity index (χ1n) is 5.43. The molecule has 1 aromatic carbocycles. The normalized spacial score (nSPS) is 11.1. The van der Waals surface area contributed by atoms with Gasteiger partial charge in [-0.05, 0) is 29.9 Å². The van der Waals surface area contributed by atoms with Gasteiger partial charge in [0.1, 0.15) is 0 Å². The van der Waals surface area contributed by atoms with Gasteiger partial charge in [0.2, 0.25) is 0 Å². The van der Waals surface area contributed by atoms with Crippen molar-refractivity contribution in [2.75, 3.05) is 0 Å². The van der Waals surface area contributed by atoms with E-state index in [9.17, 15) is 0 Å². The van der Waals surface area contributed by atoms with E-state index in [2.05, 4.69) is 38.1 Å². The summed E-state index contributed by atoms with van der Waals surface area (Å²) < 4.78 is 0. The summed E-state index contributed by atoms with van der Waals surface area (Å²) in [5.41, 5.74) is 2.63. The zero-order valence-corrected chi connectivity index (χ0v) is 10.3. The molecule has 0 nitrogen and oxygen atoms in total. The van der Waals surface area contributed by atoms with Crippen molar-refractivity contribution in [2.24, 2.45) is 5.92 Å². The van der Waals surface area contributed by atoms with Gasteiger partial charge in [0.25, 0.3) is 0 Å². The average molecular weight is 218 g/mol. The first-order valence-corrected chi connectivity index (χ1v) is 5.90. The fourth-order valence-electron chi connectivity index (χ4n) is 1.40. The summed E-state index contributed by atoms with van der Waals surface area (Å²) >= 11 is 4.74. The quantitative estimate of drug-likeness (QED) is 0.525. The summed E-state index contributed by atoms with van der Waals surface area (Å²) in [5, 5.41) is 1.63. The molecule has 80 valence electrons. The van der Waals surface area contributed by atoms with Crippen molar-refractivity contribution in [1.29, 1.82) is 0 Å². The lowest BCUT2D eigenvalue weighted by atomic mass is 10.0. The summed E-state index contributed by atoms with van der Waals surface area (Å²) in [6, 6.07) is 8.69. The molecule has 0 aromatic heterocycles. The minimum absolute atomic E-state index is 0.777. The van der Waals surface area contributed by atoms with Crippen LogP contribution in [0.15, 0.2) is 30.3 Å². The SMILES string of the molecule is CC(C)CCc1ccc(/C=C/C=S)cc1. The number of allylic oxidation sites excluding steroid dienone is 1. The highest BCUT2D eigenvalue weighted by Crippen LogP contribution is 2.11. The highest BCUT2D eigenvalue weighted by Gasteiger charge is 1.96. The van der Waals surface area contributed by atoms with Crippen LogP contribution in [0.4, 0.5) is 0 Å². The molecule has 15 heavy (non-hydrogen) atoms. The van der Waals surface area contributed by atoms with Gasteiger partial charge in [-0.3, -0.25) is 0 Å². The van der Waals surface area contributed by atoms with Crippen LogP contribution in [0.3, 0.4) is 0 Å². The summed E-state index contributed by atoms with van der Waals surface area (Å²) in [4.78, 5) is 0. The minimum atomic E-state index is 0.777. The lowest BCUT2D eigenvalue weighted by Crippen LogP contribution is -1.91. The molecule has 1 heteroatoms. The molecule has 0 amide bonds. The Labute approximate surface area is 98.0 Å². The Morgan fingerprint density at radius 1 is 1.20 bits per heavy atom. The maximum absolute atomic E-state index is 4.74. The van der Waals surface area contributed by atoms with Crippen LogP contribution in [0.2, 0.25) is 0 Å². The second-order valence-electron chi connectivity index (χ2n) is 4.17. The molecule has 0 N–H and O–H groups in total. The molecule has 1 aromatic rings. The van der Waals surface area contributed by atoms with Crippen LogP contribution in [0, 0.1) is 5.92 Å². The number of benzene rings is 1. The molecular formula is C14H18S. The van der Waals surface area contributed by atoms with E-state index >= 15 is 0 Å². The average Bonchev–Trinajstić information content (AvgIpc) is 2.25. The fraction of sp³-hybridized carbons (Fsp3) is 0.357. The van der Waals surface area contributed by atoms with Crippen molar-refractivity contribution in [3.05, 3.63) is 41.5 Å². The second kappa shape index (κ2) is 6.52. The highest BCUT2D eigenvalue weighted by molar-refractivity contribution is 7.79. The first kappa shape index (κ1) is 12.1. The Morgan fingerprint density at radius 2 is 1.87 bits per heavy atom. The van der Waals surface area contributed by atoms with Crippen LogP contribution in [-0.2, 0) is 6.42 Å². The summed E-state index contributed by atoms with van der Waals surface area (Å²) in [5.74, 6) is 0.777. The zero-order valence-electron chi connectivity index (χ0n) is 9.44. The Kier molecular flexibility index (Phi) is 5.27. The molecule has 0 saturated carbocycles. The third kappa shape index (κ3) is 4.89.